The van der Waals surface area contributed by atoms with Crippen molar-refractivity contribution in [3.05, 3.63) is 5.56 Å². The van der Waals surface area contributed by atoms with Crippen LogP contribution in [0, 0.1) is 5.92 Å². The summed E-state index contributed by atoms with van der Waals surface area (Å²) in [5, 5.41) is 3.98. The van der Waals surface area contributed by atoms with Crippen molar-refractivity contribution < 1.29 is 4.79 Å². The molecule has 0 bridgehead atoms. The lowest BCUT2D eigenvalue weighted by Gasteiger charge is -2.25. The largest absolute Gasteiger partial charge is 0.382 e. The summed E-state index contributed by atoms with van der Waals surface area (Å²) >= 11 is 1.36. The topological polar surface area (TPSA) is 71.2 Å². The number of anilines is 2. The monoisotopic (exact) mass is 294 g/mol. The standard InChI is InChI=1S/C14H22N4OS/c1-8(2)7-18(10-5-6-10)14-11(12(15)17-20-14)13(19)16-9-3-4-9/h8-10H,3-7H2,1-2H3,(H2,15,17)(H,16,19). The van der Waals surface area contributed by atoms with Gasteiger partial charge in [-0.2, -0.15) is 4.37 Å². The first-order valence-electron chi connectivity index (χ1n) is 7.39. The van der Waals surface area contributed by atoms with Crippen LogP contribution >= 0.6 is 11.5 Å². The predicted molar refractivity (Wildman–Crippen MR) is 82.2 cm³/mol. The molecule has 3 N–H and O–H groups in total. The first kappa shape index (κ1) is 13.7. The number of rotatable bonds is 6. The summed E-state index contributed by atoms with van der Waals surface area (Å²) in [6.07, 6.45) is 4.57. The molecule has 2 aliphatic carbocycles. The van der Waals surface area contributed by atoms with E-state index in [1.54, 1.807) is 0 Å². The second-order valence-electron chi connectivity index (χ2n) is 6.27. The lowest BCUT2D eigenvalue weighted by Crippen LogP contribution is -2.33. The fourth-order valence-corrected chi connectivity index (χ4v) is 3.26. The molecule has 5 nitrogen and oxygen atoms in total. The second kappa shape index (κ2) is 5.24. The number of carbonyl (C=O) groups is 1. The van der Waals surface area contributed by atoms with E-state index in [9.17, 15) is 4.79 Å². The van der Waals surface area contributed by atoms with Gasteiger partial charge in [0.15, 0.2) is 5.82 Å². The van der Waals surface area contributed by atoms with Gasteiger partial charge in [-0.15, -0.1) is 0 Å². The van der Waals surface area contributed by atoms with E-state index in [2.05, 4.69) is 28.4 Å². The smallest absolute Gasteiger partial charge is 0.258 e. The summed E-state index contributed by atoms with van der Waals surface area (Å²) in [5.41, 5.74) is 6.53. The fourth-order valence-electron chi connectivity index (χ4n) is 2.37. The molecule has 0 radical (unpaired) electrons. The van der Waals surface area contributed by atoms with Crippen LogP contribution in [-0.4, -0.2) is 28.9 Å². The maximum absolute atomic E-state index is 12.4. The summed E-state index contributed by atoms with van der Waals surface area (Å²) in [5.74, 6) is 0.874. The van der Waals surface area contributed by atoms with Gasteiger partial charge in [0, 0.05) is 18.6 Å². The molecule has 1 amide bonds. The molecule has 0 atom stereocenters. The highest BCUT2D eigenvalue weighted by Crippen LogP contribution is 2.39. The normalized spacial score (nSPS) is 18.4. The molecule has 110 valence electrons. The molecular weight excluding hydrogens is 272 g/mol. The van der Waals surface area contributed by atoms with Crippen molar-refractivity contribution in [3.8, 4) is 0 Å². The minimum absolute atomic E-state index is 0.0526. The SMILES string of the molecule is CC(C)CN(c1snc(N)c1C(=O)NC1CC1)C1CC1. The Hall–Kier alpha value is -1.30. The van der Waals surface area contributed by atoms with Gasteiger partial charge in [0.05, 0.1) is 0 Å². The highest BCUT2D eigenvalue weighted by Gasteiger charge is 2.35. The van der Waals surface area contributed by atoms with Crippen LogP contribution in [0.2, 0.25) is 0 Å². The molecule has 2 aliphatic rings. The second-order valence-corrected chi connectivity index (χ2v) is 7.02. The fraction of sp³-hybridized carbons (Fsp3) is 0.714. The summed E-state index contributed by atoms with van der Waals surface area (Å²) in [7, 11) is 0. The van der Waals surface area contributed by atoms with Gasteiger partial charge < -0.3 is 16.0 Å². The zero-order valence-corrected chi connectivity index (χ0v) is 12.9. The molecule has 1 aromatic heterocycles. The molecule has 0 unspecified atom stereocenters. The van der Waals surface area contributed by atoms with Gasteiger partial charge in [-0.05, 0) is 43.1 Å². The molecule has 0 spiro atoms. The van der Waals surface area contributed by atoms with Gasteiger partial charge in [-0.25, -0.2) is 0 Å². The van der Waals surface area contributed by atoms with Gasteiger partial charge >= 0.3 is 0 Å². The quantitative estimate of drug-likeness (QED) is 0.844. The van der Waals surface area contributed by atoms with Crippen LogP contribution in [0.1, 0.15) is 49.9 Å². The number of nitrogens with two attached hydrogens (primary N) is 1. The molecule has 0 saturated heterocycles. The number of nitrogens with one attached hydrogen (secondary N) is 1. The van der Waals surface area contributed by atoms with E-state index in [1.165, 1.54) is 24.4 Å². The third kappa shape index (κ3) is 2.90. The Kier molecular flexibility index (Phi) is 3.58. The van der Waals surface area contributed by atoms with Crippen LogP contribution in [0.15, 0.2) is 0 Å². The molecule has 1 heterocycles. The third-order valence-corrected chi connectivity index (χ3v) is 4.55. The molecule has 1 aromatic rings. The van der Waals surface area contributed by atoms with Crippen LogP contribution < -0.4 is 16.0 Å². The van der Waals surface area contributed by atoms with E-state index in [4.69, 9.17) is 5.73 Å². The Labute approximate surface area is 123 Å². The van der Waals surface area contributed by atoms with Gasteiger partial charge in [0.2, 0.25) is 0 Å². The number of aromatic nitrogens is 1. The highest BCUT2D eigenvalue weighted by atomic mass is 32.1. The van der Waals surface area contributed by atoms with E-state index in [-0.39, 0.29) is 5.91 Å². The van der Waals surface area contributed by atoms with Crippen LogP contribution in [0.25, 0.3) is 0 Å². The Morgan fingerprint density at radius 2 is 2.15 bits per heavy atom. The maximum Gasteiger partial charge on any atom is 0.258 e. The van der Waals surface area contributed by atoms with Crippen molar-refractivity contribution in [2.24, 2.45) is 5.92 Å². The summed E-state index contributed by atoms with van der Waals surface area (Å²) < 4.78 is 4.22. The van der Waals surface area contributed by atoms with Crippen molar-refractivity contribution in [3.63, 3.8) is 0 Å². The Morgan fingerprint density at radius 1 is 1.45 bits per heavy atom. The Balaban J connectivity index is 1.85. The molecule has 2 saturated carbocycles. The average molecular weight is 294 g/mol. The number of amides is 1. The Morgan fingerprint density at radius 3 is 2.70 bits per heavy atom. The summed E-state index contributed by atoms with van der Waals surface area (Å²) in [6.45, 7) is 5.35. The third-order valence-electron chi connectivity index (χ3n) is 3.65. The average Bonchev–Trinajstić information content (AvgIpc) is 3.26. The number of carbonyl (C=O) groups excluding carboxylic acids is 1. The van der Waals surface area contributed by atoms with Gasteiger partial charge in [-0.1, -0.05) is 13.8 Å². The van der Waals surface area contributed by atoms with E-state index in [0.717, 1.165) is 24.4 Å². The van der Waals surface area contributed by atoms with Crippen molar-refractivity contribution in [2.45, 2.75) is 51.6 Å². The number of nitrogens with zero attached hydrogens (tertiary/aromatic N) is 2. The van der Waals surface area contributed by atoms with E-state index >= 15 is 0 Å². The van der Waals surface area contributed by atoms with Crippen LogP contribution in [0.3, 0.4) is 0 Å². The molecule has 0 aromatic carbocycles. The Bertz CT molecular complexity index is 505. The van der Waals surface area contributed by atoms with Crippen molar-refractivity contribution in [1.82, 2.24) is 9.69 Å². The van der Waals surface area contributed by atoms with Crippen LogP contribution in [0.5, 0.6) is 0 Å². The van der Waals surface area contributed by atoms with Gasteiger partial charge in [0.1, 0.15) is 10.6 Å². The zero-order valence-electron chi connectivity index (χ0n) is 12.1. The molecular formula is C14H22N4OS. The van der Waals surface area contributed by atoms with Crippen molar-refractivity contribution >= 4 is 28.3 Å². The molecule has 20 heavy (non-hydrogen) atoms. The van der Waals surface area contributed by atoms with E-state index < -0.39 is 0 Å². The van der Waals surface area contributed by atoms with Gasteiger partial charge in [-0.3, -0.25) is 4.79 Å². The molecule has 2 fully saturated rings. The van der Waals surface area contributed by atoms with E-state index in [0.29, 0.717) is 29.4 Å². The summed E-state index contributed by atoms with van der Waals surface area (Å²) in [4.78, 5) is 14.7. The number of hydrogen-bond donors (Lipinski definition) is 2. The van der Waals surface area contributed by atoms with Gasteiger partial charge in [0.25, 0.3) is 5.91 Å². The number of hydrogen-bond acceptors (Lipinski definition) is 5. The zero-order chi connectivity index (χ0) is 14.3. The minimum Gasteiger partial charge on any atom is -0.382 e. The predicted octanol–water partition coefficient (Wildman–Crippen LogP) is 2.24. The number of nitrogen functional groups attached to an aromatic ring is 1. The molecule has 6 heteroatoms. The van der Waals surface area contributed by atoms with Crippen LogP contribution in [0.4, 0.5) is 10.8 Å². The molecule has 3 rings (SSSR count). The molecule has 0 aliphatic heterocycles. The first-order valence-corrected chi connectivity index (χ1v) is 8.16. The minimum atomic E-state index is -0.0526. The highest BCUT2D eigenvalue weighted by molar-refractivity contribution is 7.11. The van der Waals surface area contributed by atoms with Crippen LogP contribution in [-0.2, 0) is 0 Å². The van der Waals surface area contributed by atoms with E-state index in [1.807, 2.05) is 0 Å². The lowest BCUT2D eigenvalue weighted by molar-refractivity contribution is 0.0952. The first-order chi connectivity index (χ1) is 9.56. The van der Waals surface area contributed by atoms with Crippen molar-refractivity contribution in [1.29, 1.82) is 0 Å². The summed E-state index contributed by atoms with van der Waals surface area (Å²) in [6, 6.07) is 0.902. The maximum atomic E-state index is 12.4. The van der Waals surface area contributed by atoms with Crippen molar-refractivity contribution in [2.75, 3.05) is 17.2 Å². The lowest BCUT2D eigenvalue weighted by atomic mass is 10.2.